The van der Waals surface area contributed by atoms with Gasteiger partial charge in [-0.2, -0.15) is 0 Å². The molecule has 16 heavy (non-hydrogen) atoms. The van der Waals surface area contributed by atoms with Gasteiger partial charge in [-0.3, -0.25) is 0 Å². The molecule has 1 unspecified atom stereocenters. The van der Waals surface area contributed by atoms with E-state index in [4.69, 9.17) is 9.15 Å². The van der Waals surface area contributed by atoms with Gasteiger partial charge in [-0.1, -0.05) is 13.8 Å². The van der Waals surface area contributed by atoms with Gasteiger partial charge in [-0.15, -0.1) is 10.2 Å². The number of nitrogens with zero attached hydrogens (tertiary/aromatic N) is 2. The molecule has 0 bridgehead atoms. The number of methoxy groups -OCH3 is 1. The highest BCUT2D eigenvalue weighted by atomic mass is 16.5. The van der Waals surface area contributed by atoms with Crippen molar-refractivity contribution in [3.05, 3.63) is 11.8 Å². The van der Waals surface area contributed by atoms with E-state index < -0.39 is 0 Å². The molecule has 0 saturated heterocycles. The molecule has 0 spiro atoms. The van der Waals surface area contributed by atoms with Gasteiger partial charge in [0, 0.05) is 20.1 Å². The van der Waals surface area contributed by atoms with Crippen molar-refractivity contribution >= 4 is 0 Å². The van der Waals surface area contributed by atoms with Crippen molar-refractivity contribution in [3.8, 4) is 0 Å². The third kappa shape index (κ3) is 4.72. The Morgan fingerprint density at radius 3 is 2.81 bits per heavy atom. The zero-order chi connectivity index (χ0) is 11.8. The third-order valence-corrected chi connectivity index (χ3v) is 2.19. The van der Waals surface area contributed by atoms with Gasteiger partial charge in [0.15, 0.2) is 0 Å². The molecule has 1 atom stereocenters. The number of nitrogens with one attached hydrogen (secondary N) is 1. The van der Waals surface area contributed by atoms with E-state index in [0.29, 0.717) is 30.9 Å². The highest BCUT2D eigenvalue weighted by Gasteiger charge is 2.10. The number of ether oxygens (including phenoxy) is 1. The fourth-order valence-corrected chi connectivity index (χ4v) is 1.46. The van der Waals surface area contributed by atoms with Crippen molar-refractivity contribution in [1.82, 2.24) is 15.5 Å². The molecule has 0 aliphatic carbocycles. The fourth-order valence-electron chi connectivity index (χ4n) is 1.46. The Morgan fingerprint density at radius 2 is 2.12 bits per heavy atom. The molecule has 1 rings (SSSR count). The molecule has 0 radical (unpaired) electrons. The van der Waals surface area contributed by atoms with E-state index in [1.807, 2.05) is 0 Å². The average molecular weight is 227 g/mol. The van der Waals surface area contributed by atoms with Crippen LogP contribution in [-0.2, 0) is 17.7 Å². The van der Waals surface area contributed by atoms with Crippen LogP contribution in [0.4, 0.5) is 0 Å². The number of rotatable bonds is 8. The number of hydrogen-bond acceptors (Lipinski definition) is 5. The zero-order valence-electron chi connectivity index (χ0n) is 10.3. The quantitative estimate of drug-likeness (QED) is 0.680. The largest absolute Gasteiger partial charge is 0.424 e. The minimum Gasteiger partial charge on any atom is -0.424 e. The Kier molecular flexibility index (Phi) is 6.03. The lowest BCUT2D eigenvalue weighted by Gasteiger charge is -2.05. The van der Waals surface area contributed by atoms with E-state index in [-0.39, 0.29) is 0 Å². The predicted molar refractivity (Wildman–Crippen MR) is 61.0 cm³/mol. The Balaban J connectivity index is 2.33. The molecule has 92 valence electrons. The maximum absolute atomic E-state index is 5.51. The van der Waals surface area contributed by atoms with Crippen LogP contribution < -0.4 is 5.32 Å². The Labute approximate surface area is 96.6 Å². The summed E-state index contributed by atoms with van der Waals surface area (Å²) < 4.78 is 10.6. The monoisotopic (exact) mass is 227 g/mol. The lowest BCUT2D eigenvalue weighted by Crippen LogP contribution is -2.13. The van der Waals surface area contributed by atoms with Crippen LogP contribution in [0.5, 0.6) is 0 Å². The highest BCUT2D eigenvalue weighted by molar-refractivity contribution is 4.83. The summed E-state index contributed by atoms with van der Waals surface area (Å²) in [5.74, 6) is 1.76. The highest BCUT2D eigenvalue weighted by Crippen LogP contribution is 2.07. The summed E-state index contributed by atoms with van der Waals surface area (Å²) in [5, 5.41) is 11.2. The summed E-state index contributed by atoms with van der Waals surface area (Å²) in [6, 6.07) is 0. The molecule has 0 aliphatic rings. The molecule has 1 heterocycles. The molecule has 0 saturated carbocycles. The minimum atomic E-state index is 0.405. The maximum atomic E-state index is 5.51. The SMILES string of the molecule is CCCNCc1nnc(CC(C)COC)o1. The second kappa shape index (κ2) is 7.35. The van der Waals surface area contributed by atoms with E-state index in [1.54, 1.807) is 7.11 Å². The van der Waals surface area contributed by atoms with Gasteiger partial charge in [0.05, 0.1) is 6.54 Å². The Morgan fingerprint density at radius 1 is 1.38 bits per heavy atom. The van der Waals surface area contributed by atoms with Crippen LogP contribution in [-0.4, -0.2) is 30.5 Å². The van der Waals surface area contributed by atoms with Crippen LogP contribution in [0, 0.1) is 5.92 Å². The van der Waals surface area contributed by atoms with Crippen LogP contribution in [0.3, 0.4) is 0 Å². The first kappa shape index (κ1) is 13.1. The lowest BCUT2D eigenvalue weighted by atomic mass is 10.1. The summed E-state index contributed by atoms with van der Waals surface area (Å²) in [6.07, 6.45) is 1.88. The molecule has 1 aromatic heterocycles. The van der Waals surface area contributed by atoms with Crippen molar-refractivity contribution in [2.24, 2.45) is 5.92 Å². The first-order chi connectivity index (χ1) is 7.76. The van der Waals surface area contributed by atoms with E-state index in [0.717, 1.165) is 19.4 Å². The van der Waals surface area contributed by atoms with Gasteiger partial charge in [0.25, 0.3) is 0 Å². The maximum Gasteiger partial charge on any atom is 0.230 e. The van der Waals surface area contributed by atoms with Crippen LogP contribution in [0.15, 0.2) is 4.42 Å². The summed E-state index contributed by atoms with van der Waals surface area (Å²) in [7, 11) is 1.70. The van der Waals surface area contributed by atoms with E-state index in [1.165, 1.54) is 0 Å². The first-order valence-electron chi connectivity index (χ1n) is 5.77. The predicted octanol–water partition coefficient (Wildman–Crippen LogP) is 1.39. The first-order valence-corrected chi connectivity index (χ1v) is 5.77. The smallest absolute Gasteiger partial charge is 0.230 e. The van der Waals surface area contributed by atoms with Gasteiger partial charge in [-0.05, 0) is 18.9 Å². The van der Waals surface area contributed by atoms with E-state index >= 15 is 0 Å². The fraction of sp³-hybridized carbons (Fsp3) is 0.818. The molecule has 5 heteroatoms. The van der Waals surface area contributed by atoms with Gasteiger partial charge < -0.3 is 14.5 Å². The van der Waals surface area contributed by atoms with E-state index in [9.17, 15) is 0 Å². The molecular weight excluding hydrogens is 206 g/mol. The normalized spacial score (nSPS) is 12.9. The average Bonchev–Trinajstić information content (AvgIpc) is 2.66. The molecule has 0 aliphatic heterocycles. The van der Waals surface area contributed by atoms with Crippen molar-refractivity contribution in [2.75, 3.05) is 20.3 Å². The second-order valence-electron chi connectivity index (χ2n) is 4.03. The molecule has 0 amide bonds. The molecule has 1 N–H and O–H groups in total. The third-order valence-electron chi connectivity index (χ3n) is 2.19. The van der Waals surface area contributed by atoms with Gasteiger partial charge in [-0.25, -0.2) is 0 Å². The Bertz CT molecular complexity index is 289. The number of hydrogen-bond donors (Lipinski definition) is 1. The van der Waals surface area contributed by atoms with Crippen LogP contribution in [0.25, 0.3) is 0 Å². The lowest BCUT2D eigenvalue weighted by molar-refractivity contribution is 0.156. The molecule has 0 fully saturated rings. The van der Waals surface area contributed by atoms with Crippen LogP contribution in [0.2, 0.25) is 0 Å². The second-order valence-corrected chi connectivity index (χ2v) is 4.03. The van der Waals surface area contributed by atoms with Crippen LogP contribution >= 0.6 is 0 Å². The molecular formula is C11H21N3O2. The van der Waals surface area contributed by atoms with Crippen molar-refractivity contribution in [1.29, 1.82) is 0 Å². The van der Waals surface area contributed by atoms with Crippen molar-refractivity contribution < 1.29 is 9.15 Å². The standard InChI is InChI=1S/C11H21N3O2/c1-4-5-12-7-11-14-13-10(16-11)6-9(2)8-15-3/h9,12H,4-8H2,1-3H3. The van der Waals surface area contributed by atoms with Crippen molar-refractivity contribution in [2.45, 2.75) is 33.2 Å². The van der Waals surface area contributed by atoms with Gasteiger partial charge in [0.2, 0.25) is 11.8 Å². The molecule has 0 aromatic carbocycles. The topological polar surface area (TPSA) is 60.2 Å². The molecule has 1 aromatic rings. The molecule has 5 nitrogen and oxygen atoms in total. The summed E-state index contributed by atoms with van der Waals surface area (Å²) in [4.78, 5) is 0. The number of aromatic nitrogens is 2. The van der Waals surface area contributed by atoms with Crippen molar-refractivity contribution in [3.63, 3.8) is 0 Å². The van der Waals surface area contributed by atoms with Gasteiger partial charge in [0.1, 0.15) is 0 Å². The summed E-state index contributed by atoms with van der Waals surface area (Å²) in [6.45, 7) is 6.56. The van der Waals surface area contributed by atoms with E-state index in [2.05, 4.69) is 29.4 Å². The Hall–Kier alpha value is -0.940. The summed E-state index contributed by atoms with van der Waals surface area (Å²) in [5.41, 5.74) is 0. The zero-order valence-corrected chi connectivity index (χ0v) is 10.3. The van der Waals surface area contributed by atoms with Gasteiger partial charge >= 0.3 is 0 Å². The van der Waals surface area contributed by atoms with Crippen LogP contribution in [0.1, 0.15) is 32.0 Å². The summed E-state index contributed by atoms with van der Waals surface area (Å²) >= 11 is 0. The minimum absolute atomic E-state index is 0.405.